The number of nitrogens with zero attached hydrogens (tertiary/aromatic N) is 2. The first-order chi connectivity index (χ1) is 21.3. The fraction of sp³-hybridized carbons (Fsp3) is 0.306. The SMILES string of the molecule is CCCCCCCCOc1ccc(C(=O)Oc2ccc(OC(=O)c3ccc(C[n+]4ccc(N(C)C)cc4)cc3)c(Cl)c2)cc1. The van der Waals surface area contributed by atoms with Crippen molar-refractivity contribution < 1.29 is 28.4 Å². The number of ether oxygens (including phenoxy) is 3. The second-order valence-corrected chi connectivity index (χ2v) is 11.2. The molecule has 0 spiro atoms. The fourth-order valence-corrected chi connectivity index (χ4v) is 4.73. The number of benzene rings is 3. The number of unbranched alkanes of at least 4 members (excludes halogenated alkanes) is 5. The van der Waals surface area contributed by atoms with Crippen molar-refractivity contribution in [3.05, 3.63) is 113 Å². The normalized spacial score (nSPS) is 10.7. The average Bonchev–Trinajstić information content (AvgIpc) is 3.03. The van der Waals surface area contributed by atoms with Crippen LogP contribution in [0.1, 0.15) is 71.7 Å². The van der Waals surface area contributed by atoms with E-state index in [0.717, 1.165) is 24.1 Å². The topological polar surface area (TPSA) is 69.0 Å². The van der Waals surface area contributed by atoms with Crippen LogP contribution in [0.4, 0.5) is 5.69 Å². The second-order valence-electron chi connectivity index (χ2n) is 10.8. The molecular weight excluding hydrogens is 576 g/mol. The van der Waals surface area contributed by atoms with Gasteiger partial charge in [-0.15, -0.1) is 0 Å². The Balaban J connectivity index is 1.25. The Morgan fingerprint density at radius 3 is 1.95 bits per heavy atom. The highest BCUT2D eigenvalue weighted by atomic mass is 35.5. The van der Waals surface area contributed by atoms with E-state index in [1.807, 2.05) is 55.7 Å². The highest BCUT2D eigenvalue weighted by Gasteiger charge is 2.15. The van der Waals surface area contributed by atoms with Gasteiger partial charge in [0.05, 0.1) is 22.8 Å². The molecule has 0 bridgehead atoms. The molecule has 0 saturated heterocycles. The number of esters is 2. The Morgan fingerprint density at radius 2 is 1.32 bits per heavy atom. The van der Waals surface area contributed by atoms with Gasteiger partial charge in [0.2, 0.25) is 0 Å². The molecule has 0 aliphatic carbocycles. The number of anilines is 1. The van der Waals surface area contributed by atoms with E-state index in [-0.39, 0.29) is 16.5 Å². The van der Waals surface area contributed by atoms with Crippen molar-refractivity contribution in [2.75, 3.05) is 25.6 Å². The van der Waals surface area contributed by atoms with Crippen molar-refractivity contribution in [3.63, 3.8) is 0 Å². The van der Waals surface area contributed by atoms with Gasteiger partial charge >= 0.3 is 11.9 Å². The van der Waals surface area contributed by atoms with Crippen molar-refractivity contribution in [2.45, 2.75) is 52.0 Å². The summed E-state index contributed by atoms with van der Waals surface area (Å²) in [5, 5.41) is 0.149. The van der Waals surface area contributed by atoms with Crippen LogP contribution in [0.5, 0.6) is 17.2 Å². The molecule has 0 atom stereocenters. The Hall–Kier alpha value is -4.36. The summed E-state index contributed by atoms with van der Waals surface area (Å²) in [5.41, 5.74) is 2.95. The standard InChI is InChI=1S/C36H40ClN2O5/c1-4-5-6-7-8-9-24-42-31-16-14-29(15-17-31)35(40)43-32-18-19-34(33(37)25-32)44-36(41)28-12-10-27(11-13-28)26-39-22-20-30(21-23-39)38(2)3/h10-23,25H,4-9,24,26H2,1-3H3/q+1. The highest BCUT2D eigenvalue weighted by Crippen LogP contribution is 2.30. The Morgan fingerprint density at radius 1 is 0.727 bits per heavy atom. The first-order valence-corrected chi connectivity index (χ1v) is 15.4. The lowest BCUT2D eigenvalue weighted by molar-refractivity contribution is -0.688. The molecule has 0 unspecified atom stereocenters. The molecule has 0 N–H and O–H groups in total. The number of halogens is 1. The Labute approximate surface area is 265 Å². The molecule has 3 aromatic carbocycles. The van der Waals surface area contributed by atoms with Gasteiger partial charge in [0, 0.05) is 43.5 Å². The van der Waals surface area contributed by atoms with Crippen LogP contribution in [-0.4, -0.2) is 32.6 Å². The smallest absolute Gasteiger partial charge is 0.343 e. The van der Waals surface area contributed by atoms with Crippen molar-refractivity contribution in [1.29, 1.82) is 0 Å². The minimum atomic E-state index is -0.537. The Kier molecular flexibility index (Phi) is 12.2. The minimum Gasteiger partial charge on any atom is -0.494 e. The molecule has 0 radical (unpaired) electrons. The zero-order valence-corrected chi connectivity index (χ0v) is 26.4. The summed E-state index contributed by atoms with van der Waals surface area (Å²) in [4.78, 5) is 27.5. The highest BCUT2D eigenvalue weighted by molar-refractivity contribution is 6.32. The second kappa shape index (κ2) is 16.5. The van der Waals surface area contributed by atoms with E-state index in [1.54, 1.807) is 36.4 Å². The largest absolute Gasteiger partial charge is 0.494 e. The zero-order valence-electron chi connectivity index (χ0n) is 25.6. The molecule has 0 aliphatic heterocycles. The summed E-state index contributed by atoms with van der Waals surface area (Å²) >= 11 is 6.36. The lowest BCUT2D eigenvalue weighted by Crippen LogP contribution is -2.33. The molecule has 230 valence electrons. The molecule has 4 rings (SSSR count). The van der Waals surface area contributed by atoms with E-state index >= 15 is 0 Å². The third-order valence-corrected chi connectivity index (χ3v) is 7.41. The van der Waals surface area contributed by atoms with Crippen LogP contribution in [-0.2, 0) is 6.54 Å². The van der Waals surface area contributed by atoms with Crippen LogP contribution in [0.3, 0.4) is 0 Å². The Bertz CT molecular complexity index is 1500. The van der Waals surface area contributed by atoms with Gasteiger partial charge in [-0.3, -0.25) is 0 Å². The van der Waals surface area contributed by atoms with Crippen molar-refractivity contribution in [1.82, 2.24) is 0 Å². The van der Waals surface area contributed by atoms with E-state index in [2.05, 4.69) is 11.5 Å². The van der Waals surface area contributed by atoms with E-state index in [9.17, 15) is 9.59 Å². The maximum atomic E-state index is 12.8. The van der Waals surface area contributed by atoms with Crippen molar-refractivity contribution in [3.8, 4) is 17.2 Å². The summed E-state index contributed by atoms with van der Waals surface area (Å²) in [6, 6.07) is 22.7. The van der Waals surface area contributed by atoms with Crippen molar-refractivity contribution >= 4 is 29.2 Å². The van der Waals surface area contributed by atoms with E-state index in [0.29, 0.717) is 30.0 Å². The third kappa shape index (κ3) is 9.85. The summed E-state index contributed by atoms with van der Waals surface area (Å²) in [5.74, 6) is 0.0607. The average molecular weight is 616 g/mol. The lowest BCUT2D eigenvalue weighted by atomic mass is 10.1. The van der Waals surface area contributed by atoms with Gasteiger partial charge in [-0.25, -0.2) is 14.2 Å². The van der Waals surface area contributed by atoms with Crippen molar-refractivity contribution in [2.24, 2.45) is 0 Å². The predicted octanol–water partition coefficient (Wildman–Crippen LogP) is 7.92. The molecule has 1 heterocycles. The number of hydrogen-bond acceptors (Lipinski definition) is 6. The van der Waals surface area contributed by atoms with Crippen LogP contribution in [0, 0.1) is 0 Å². The van der Waals surface area contributed by atoms with Crippen LogP contribution in [0.25, 0.3) is 0 Å². The van der Waals surface area contributed by atoms with Crippen LogP contribution < -0.4 is 23.7 Å². The molecule has 8 heteroatoms. The van der Waals surface area contributed by atoms with Gasteiger partial charge in [0.1, 0.15) is 17.2 Å². The van der Waals surface area contributed by atoms with E-state index < -0.39 is 11.9 Å². The molecule has 0 aliphatic rings. The van der Waals surface area contributed by atoms with Crippen LogP contribution in [0.2, 0.25) is 5.02 Å². The number of rotatable bonds is 15. The van der Waals surface area contributed by atoms with Gasteiger partial charge in [-0.1, -0.05) is 62.8 Å². The lowest BCUT2D eigenvalue weighted by Gasteiger charge is -2.10. The van der Waals surface area contributed by atoms with Gasteiger partial charge in [0.25, 0.3) is 0 Å². The number of carbonyl (C=O) groups excluding carboxylic acids is 2. The molecule has 7 nitrogen and oxygen atoms in total. The predicted molar refractivity (Wildman–Crippen MR) is 173 cm³/mol. The third-order valence-electron chi connectivity index (χ3n) is 7.12. The maximum Gasteiger partial charge on any atom is 0.343 e. The molecule has 0 amide bonds. The minimum absolute atomic E-state index is 0.149. The maximum absolute atomic E-state index is 12.8. The molecule has 0 saturated carbocycles. The summed E-state index contributed by atoms with van der Waals surface area (Å²) < 4.78 is 18.8. The molecular formula is C36H40ClN2O5+. The number of hydrogen-bond donors (Lipinski definition) is 0. The number of carbonyl (C=O) groups is 2. The molecule has 44 heavy (non-hydrogen) atoms. The monoisotopic (exact) mass is 615 g/mol. The summed E-state index contributed by atoms with van der Waals surface area (Å²) in [6.07, 6.45) is 11.2. The fourth-order valence-electron chi connectivity index (χ4n) is 4.52. The molecule has 0 fully saturated rings. The van der Waals surface area contributed by atoms with Gasteiger partial charge in [-0.05, 0) is 55.0 Å². The van der Waals surface area contributed by atoms with Gasteiger partial charge < -0.3 is 19.1 Å². The van der Waals surface area contributed by atoms with Gasteiger partial charge in [-0.2, -0.15) is 0 Å². The van der Waals surface area contributed by atoms with Crippen LogP contribution >= 0.6 is 11.6 Å². The number of pyridine rings is 1. The first-order valence-electron chi connectivity index (χ1n) is 15.0. The molecule has 1 aromatic heterocycles. The summed E-state index contributed by atoms with van der Waals surface area (Å²) in [6.45, 7) is 3.54. The van der Waals surface area contributed by atoms with Gasteiger partial charge in [0.15, 0.2) is 18.9 Å². The summed E-state index contributed by atoms with van der Waals surface area (Å²) in [7, 11) is 4.00. The van der Waals surface area contributed by atoms with Crippen LogP contribution in [0.15, 0.2) is 91.3 Å². The quantitative estimate of drug-likeness (QED) is 0.0586. The van der Waals surface area contributed by atoms with E-state index in [4.69, 9.17) is 25.8 Å². The van der Waals surface area contributed by atoms with E-state index in [1.165, 1.54) is 43.9 Å². The zero-order chi connectivity index (χ0) is 31.3. The molecule has 4 aromatic rings. The first kappa shape index (κ1) is 32.6. The number of aromatic nitrogens is 1.